The Bertz CT molecular complexity index is 1540. The molecule has 2 aromatic rings. The number of carbonyl (C=O) groups excluding carboxylic acids is 3. The highest BCUT2D eigenvalue weighted by molar-refractivity contribution is 6.31. The van der Waals surface area contributed by atoms with Gasteiger partial charge in [0.15, 0.2) is 5.78 Å². The predicted octanol–water partition coefficient (Wildman–Crippen LogP) is 6.35. The lowest BCUT2D eigenvalue weighted by atomic mass is 9.73. The van der Waals surface area contributed by atoms with E-state index in [1.54, 1.807) is 37.2 Å². The van der Waals surface area contributed by atoms with Crippen molar-refractivity contribution in [3.8, 4) is 5.75 Å². The molecule has 5 rings (SSSR count). The molecule has 0 fully saturated rings. The number of carbonyl (C=O) groups is 3. The van der Waals surface area contributed by atoms with Gasteiger partial charge in [0.1, 0.15) is 23.8 Å². The summed E-state index contributed by atoms with van der Waals surface area (Å²) >= 11 is 6.96. The molecule has 2 aliphatic carbocycles. The molecule has 1 atom stereocenters. The zero-order valence-electron chi connectivity index (χ0n) is 25.1. The summed E-state index contributed by atoms with van der Waals surface area (Å²) in [6.07, 6.45) is 3.61. The third-order valence-electron chi connectivity index (χ3n) is 8.09. The van der Waals surface area contributed by atoms with Crippen LogP contribution in [0.3, 0.4) is 0 Å². The smallest absolute Gasteiger partial charge is 0.228 e. The monoisotopic (exact) mass is 603 g/mol. The number of benzene rings is 2. The van der Waals surface area contributed by atoms with Crippen molar-refractivity contribution in [1.82, 2.24) is 15.1 Å². The Balaban J connectivity index is 1.62. The van der Waals surface area contributed by atoms with E-state index in [0.29, 0.717) is 71.3 Å². The summed E-state index contributed by atoms with van der Waals surface area (Å²) in [7, 11) is 3.30. The highest BCUT2D eigenvalue weighted by Crippen LogP contribution is 2.49. The SMILES string of the molecule is CN(C)C(=O)CCC(=O)N1C2=CCCC(O)=C2NC2=C(C(=O)CC(C)(C)C2)C1c1ccc(OCc2ccccc2)cc1Cl. The van der Waals surface area contributed by atoms with Crippen molar-refractivity contribution >= 4 is 29.2 Å². The van der Waals surface area contributed by atoms with E-state index in [1.165, 1.54) is 4.90 Å². The third-order valence-corrected chi connectivity index (χ3v) is 8.41. The second kappa shape index (κ2) is 12.3. The number of Topliss-reactive ketones (excluding diaryl/α,β-unsaturated/α-hetero) is 1. The summed E-state index contributed by atoms with van der Waals surface area (Å²) in [6, 6.07) is 14.2. The number of rotatable bonds is 7. The molecule has 1 unspecified atom stereocenters. The summed E-state index contributed by atoms with van der Waals surface area (Å²) in [5.74, 6) is 0.0680. The van der Waals surface area contributed by atoms with E-state index < -0.39 is 6.04 Å². The first-order valence-electron chi connectivity index (χ1n) is 14.6. The van der Waals surface area contributed by atoms with Crippen LogP contribution in [0.15, 0.2) is 83.0 Å². The summed E-state index contributed by atoms with van der Waals surface area (Å²) in [4.78, 5) is 43.6. The molecule has 226 valence electrons. The van der Waals surface area contributed by atoms with E-state index in [1.807, 2.05) is 50.3 Å². The number of nitrogens with zero attached hydrogens (tertiary/aromatic N) is 2. The van der Waals surface area contributed by atoms with Crippen LogP contribution in [-0.4, -0.2) is 46.6 Å². The van der Waals surface area contributed by atoms with Crippen LogP contribution in [0, 0.1) is 5.41 Å². The van der Waals surface area contributed by atoms with Crippen LogP contribution in [0.2, 0.25) is 5.02 Å². The van der Waals surface area contributed by atoms with Crippen molar-refractivity contribution in [2.24, 2.45) is 5.41 Å². The van der Waals surface area contributed by atoms with Crippen LogP contribution in [0.1, 0.15) is 69.5 Å². The number of allylic oxidation sites excluding steroid dienone is 3. The van der Waals surface area contributed by atoms with Gasteiger partial charge in [-0.2, -0.15) is 0 Å². The molecule has 0 saturated heterocycles. The third kappa shape index (κ3) is 6.49. The van der Waals surface area contributed by atoms with Gasteiger partial charge >= 0.3 is 0 Å². The molecule has 2 N–H and O–H groups in total. The minimum Gasteiger partial charge on any atom is -0.510 e. The first-order chi connectivity index (χ1) is 20.4. The molecule has 1 heterocycles. The Morgan fingerprint density at radius 3 is 2.56 bits per heavy atom. The van der Waals surface area contributed by atoms with Gasteiger partial charge in [-0.1, -0.05) is 67.9 Å². The average Bonchev–Trinajstić information content (AvgIpc) is 3.10. The normalized spacial score (nSPS) is 19.6. The molecule has 43 heavy (non-hydrogen) atoms. The van der Waals surface area contributed by atoms with Gasteiger partial charge in [0, 0.05) is 56.1 Å². The summed E-state index contributed by atoms with van der Waals surface area (Å²) in [5, 5.41) is 14.8. The fraction of sp³-hybridized carbons (Fsp3) is 0.382. The van der Waals surface area contributed by atoms with Gasteiger partial charge in [-0.25, -0.2) is 0 Å². The van der Waals surface area contributed by atoms with Gasteiger partial charge in [0.2, 0.25) is 11.8 Å². The van der Waals surface area contributed by atoms with Gasteiger partial charge in [-0.05, 0) is 41.5 Å². The van der Waals surface area contributed by atoms with Crippen LogP contribution in [0.5, 0.6) is 5.75 Å². The maximum Gasteiger partial charge on any atom is 0.228 e. The standard InChI is InChI=1S/C34H38ClN3O5/c1-34(2)18-25-31(28(40)19-34)33(23-14-13-22(17-24(23)35)43-20-21-9-6-5-7-10-21)38(30(42)16-15-29(41)37(3)4)26-11-8-12-27(39)32(26)36-25/h5-7,9-11,13-14,17,33,36,39H,8,12,15-16,18-20H2,1-4H3. The Morgan fingerprint density at radius 2 is 1.86 bits per heavy atom. The van der Waals surface area contributed by atoms with Gasteiger partial charge in [-0.3, -0.25) is 19.3 Å². The van der Waals surface area contributed by atoms with Gasteiger partial charge in [0.05, 0.1) is 11.7 Å². The number of nitrogens with one attached hydrogen (secondary N) is 1. The molecule has 8 nitrogen and oxygen atoms in total. The Kier molecular flexibility index (Phi) is 8.69. The van der Waals surface area contributed by atoms with Crippen LogP contribution < -0.4 is 10.1 Å². The van der Waals surface area contributed by atoms with E-state index >= 15 is 0 Å². The first kappa shape index (κ1) is 30.4. The Labute approximate surface area is 257 Å². The highest BCUT2D eigenvalue weighted by Gasteiger charge is 2.45. The van der Waals surface area contributed by atoms with Gasteiger partial charge in [0.25, 0.3) is 0 Å². The number of aliphatic hydroxyl groups excluding tert-OH is 1. The van der Waals surface area contributed by atoms with Crippen molar-refractivity contribution in [3.63, 3.8) is 0 Å². The molecule has 2 aromatic carbocycles. The molecule has 1 aliphatic heterocycles. The minimum absolute atomic E-state index is 0.00761. The number of halogens is 1. The molecule has 3 aliphatic rings. The van der Waals surface area contributed by atoms with Crippen molar-refractivity contribution in [2.75, 3.05) is 14.1 Å². The minimum atomic E-state index is -0.863. The predicted molar refractivity (Wildman–Crippen MR) is 165 cm³/mol. The largest absolute Gasteiger partial charge is 0.510 e. The van der Waals surface area contributed by atoms with Crippen LogP contribution >= 0.6 is 11.6 Å². The van der Waals surface area contributed by atoms with E-state index in [-0.39, 0.29) is 41.6 Å². The summed E-state index contributed by atoms with van der Waals surface area (Å²) in [5.41, 5.74) is 3.27. The van der Waals surface area contributed by atoms with E-state index in [0.717, 1.165) is 5.56 Å². The van der Waals surface area contributed by atoms with Crippen molar-refractivity contribution in [2.45, 2.75) is 65.0 Å². The number of hydrogen-bond donors (Lipinski definition) is 2. The number of hydrogen-bond acceptors (Lipinski definition) is 6. The summed E-state index contributed by atoms with van der Waals surface area (Å²) < 4.78 is 6.01. The number of fused-ring (bicyclic) bond motifs is 1. The second-order valence-electron chi connectivity index (χ2n) is 12.3. The number of aliphatic hydroxyl groups is 1. The van der Waals surface area contributed by atoms with E-state index in [4.69, 9.17) is 16.3 Å². The van der Waals surface area contributed by atoms with Crippen molar-refractivity contribution < 1.29 is 24.2 Å². The molecule has 0 saturated carbocycles. The molecule has 9 heteroatoms. The van der Waals surface area contributed by atoms with Crippen LogP contribution in [0.4, 0.5) is 0 Å². The van der Waals surface area contributed by atoms with Crippen molar-refractivity contribution in [3.05, 3.63) is 99.2 Å². The maximum absolute atomic E-state index is 14.2. The number of ketones is 1. The first-order valence-corrected chi connectivity index (χ1v) is 15.0. The molecule has 0 radical (unpaired) electrons. The lowest BCUT2D eigenvalue weighted by molar-refractivity contribution is -0.135. The zero-order chi connectivity index (χ0) is 30.9. The van der Waals surface area contributed by atoms with E-state index in [9.17, 15) is 19.5 Å². The van der Waals surface area contributed by atoms with Gasteiger partial charge in [-0.15, -0.1) is 0 Å². The number of amides is 2. The number of ether oxygens (including phenoxy) is 1. The zero-order valence-corrected chi connectivity index (χ0v) is 25.8. The fourth-order valence-corrected chi connectivity index (χ4v) is 6.22. The molecule has 2 amide bonds. The molecule has 0 bridgehead atoms. The Morgan fingerprint density at radius 1 is 1.12 bits per heavy atom. The lowest BCUT2D eigenvalue weighted by Gasteiger charge is -2.37. The van der Waals surface area contributed by atoms with Crippen molar-refractivity contribution in [1.29, 1.82) is 0 Å². The topological polar surface area (TPSA) is 99.2 Å². The molecule has 0 aromatic heterocycles. The molecular formula is C34H38ClN3O5. The maximum atomic E-state index is 14.2. The van der Waals surface area contributed by atoms with Crippen LogP contribution in [-0.2, 0) is 21.0 Å². The molecule has 0 spiro atoms. The van der Waals surface area contributed by atoms with Crippen LogP contribution in [0.25, 0.3) is 0 Å². The fourth-order valence-electron chi connectivity index (χ4n) is 5.95. The highest BCUT2D eigenvalue weighted by atomic mass is 35.5. The quantitative estimate of drug-likeness (QED) is 0.383. The molecular weight excluding hydrogens is 566 g/mol. The van der Waals surface area contributed by atoms with Gasteiger partial charge < -0.3 is 20.1 Å². The second-order valence-corrected chi connectivity index (χ2v) is 12.7. The van der Waals surface area contributed by atoms with E-state index in [2.05, 4.69) is 5.32 Å². The Hall–Kier alpha value is -4.04. The average molecular weight is 604 g/mol. The summed E-state index contributed by atoms with van der Waals surface area (Å²) in [6.45, 7) is 4.42. The lowest BCUT2D eigenvalue weighted by Crippen LogP contribution is -2.39.